The molecule has 0 aliphatic heterocycles. The molecule has 1 aromatic heterocycles. The van der Waals surface area contributed by atoms with Gasteiger partial charge in [0.2, 0.25) is 0 Å². The van der Waals surface area contributed by atoms with Crippen molar-refractivity contribution in [1.29, 1.82) is 0 Å². The van der Waals surface area contributed by atoms with E-state index in [4.69, 9.17) is 27.9 Å². The highest BCUT2D eigenvalue weighted by atomic mass is 35.5. The molecular formula is C12H16Cl2N2O2. The van der Waals surface area contributed by atoms with Crippen molar-refractivity contribution in [2.75, 3.05) is 19.7 Å². The highest BCUT2D eigenvalue weighted by molar-refractivity contribution is 6.32. The molecule has 1 aromatic rings. The predicted molar refractivity (Wildman–Crippen MR) is 71.8 cm³/mol. The number of nitrogens with zero attached hydrogens (tertiary/aromatic N) is 2. The van der Waals surface area contributed by atoms with Gasteiger partial charge in [0.1, 0.15) is 5.15 Å². The van der Waals surface area contributed by atoms with Gasteiger partial charge in [0.05, 0.1) is 23.9 Å². The maximum absolute atomic E-state index is 11.4. The fraction of sp³-hybridized carbons (Fsp3) is 0.500. The van der Waals surface area contributed by atoms with Crippen LogP contribution in [0.2, 0.25) is 10.2 Å². The van der Waals surface area contributed by atoms with Gasteiger partial charge in [-0.15, -0.1) is 0 Å². The molecule has 0 radical (unpaired) electrons. The molecule has 0 amide bonds. The molecule has 0 atom stereocenters. The SMILES string of the molecule is CCOC(=O)CN(CC)Cc1nc(Cl)ccc1Cl. The van der Waals surface area contributed by atoms with Crippen LogP contribution in [-0.4, -0.2) is 35.5 Å². The Morgan fingerprint density at radius 2 is 2.11 bits per heavy atom. The minimum atomic E-state index is -0.252. The van der Waals surface area contributed by atoms with E-state index in [1.54, 1.807) is 19.1 Å². The number of hydrogen-bond donors (Lipinski definition) is 0. The summed E-state index contributed by atoms with van der Waals surface area (Å²) in [5, 5.41) is 0.934. The molecule has 0 aromatic carbocycles. The summed E-state index contributed by atoms with van der Waals surface area (Å²) in [6.07, 6.45) is 0. The van der Waals surface area contributed by atoms with E-state index in [1.165, 1.54) is 0 Å². The van der Waals surface area contributed by atoms with Gasteiger partial charge in [0.25, 0.3) is 0 Å². The third-order valence-corrected chi connectivity index (χ3v) is 2.92. The van der Waals surface area contributed by atoms with Gasteiger partial charge in [-0.2, -0.15) is 0 Å². The van der Waals surface area contributed by atoms with Crippen LogP contribution >= 0.6 is 23.2 Å². The summed E-state index contributed by atoms with van der Waals surface area (Å²) < 4.78 is 4.91. The lowest BCUT2D eigenvalue weighted by molar-refractivity contribution is -0.144. The number of halogens is 2. The molecule has 6 heteroatoms. The van der Waals surface area contributed by atoms with E-state index in [2.05, 4.69) is 4.98 Å². The fourth-order valence-corrected chi connectivity index (χ4v) is 1.78. The first-order valence-corrected chi connectivity index (χ1v) is 6.51. The number of esters is 1. The molecule has 0 spiro atoms. The maximum Gasteiger partial charge on any atom is 0.320 e. The molecule has 18 heavy (non-hydrogen) atoms. The van der Waals surface area contributed by atoms with Crippen LogP contribution in [0.15, 0.2) is 12.1 Å². The van der Waals surface area contributed by atoms with Gasteiger partial charge in [0, 0.05) is 6.54 Å². The lowest BCUT2D eigenvalue weighted by Crippen LogP contribution is -2.30. The van der Waals surface area contributed by atoms with E-state index in [-0.39, 0.29) is 12.5 Å². The first kappa shape index (κ1) is 15.2. The monoisotopic (exact) mass is 290 g/mol. The van der Waals surface area contributed by atoms with E-state index >= 15 is 0 Å². The van der Waals surface area contributed by atoms with Crippen molar-refractivity contribution in [3.05, 3.63) is 28.0 Å². The van der Waals surface area contributed by atoms with Crippen LogP contribution in [0.5, 0.6) is 0 Å². The molecule has 0 saturated heterocycles. The van der Waals surface area contributed by atoms with Crippen LogP contribution in [0.25, 0.3) is 0 Å². The normalized spacial score (nSPS) is 10.7. The molecule has 0 unspecified atom stereocenters. The summed E-state index contributed by atoms with van der Waals surface area (Å²) >= 11 is 11.9. The molecule has 100 valence electrons. The molecule has 1 heterocycles. The van der Waals surface area contributed by atoms with Crippen LogP contribution < -0.4 is 0 Å². The summed E-state index contributed by atoms with van der Waals surface area (Å²) in [7, 11) is 0. The molecule has 4 nitrogen and oxygen atoms in total. The Balaban J connectivity index is 2.67. The number of pyridine rings is 1. The van der Waals surface area contributed by atoms with Crippen LogP contribution in [0, 0.1) is 0 Å². The summed E-state index contributed by atoms with van der Waals surface area (Å²) in [6, 6.07) is 3.33. The smallest absolute Gasteiger partial charge is 0.320 e. The highest BCUT2D eigenvalue weighted by Crippen LogP contribution is 2.18. The number of aromatic nitrogens is 1. The Morgan fingerprint density at radius 3 is 2.72 bits per heavy atom. The zero-order valence-electron chi connectivity index (χ0n) is 10.4. The van der Waals surface area contributed by atoms with Gasteiger partial charge >= 0.3 is 5.97 Å². The Hall–Kier alpha value is -0.840. The standard InChI is InChI=1S/C12H16Cl2N2O2/c1-3-16(8-12(17)18-4-2)7-10-9(13)5-6-11(14)15-10/h5-6H,3-4,7-8H2,1-2H3. The summed E-state index contributed by atoms with van der Waals surface area (Å²) in [6.45, 7) is 5.50. The molecule has 0 N–H and O–H groups in total. The molecule has 0 fully saturated rings. The lowest BCUT2D eigenvalue weighted by atomic mass is 10.3. The van der Waals surface area contributed by atoms with Crippen LogP contribution in [0.3, 0.4) is 0 Å². The fourth-order valence-electron chi connectivity index (χ4n) is 1.45. The molecule has 0 bridgehead atoms. The lowest BCUT2D eigenvalue weighted by Gasteiger charge is -2.19. The highest BCUT2D eigenvalue weighted by Gasteiger charge is 2.13. The molecule has 1 rings (SSSR count). The van der Waals surface area contributed by atoms with Crippen LogP contribution in [0.4, 0.5) is 0 Å². The third kappa shape index (κ3) is 4.80. The van der Waals surface area contributed by atoms with Gasteiger partial charge in [-0.25, -0.2) is 4.98 Å². The quantitative estimate of drug-likeness (QED) is 0.597. The number of likely N-dealkylation sites (N-methyl/N-ethyl adjacent to an activating group) is 1. The second-order valence-corrected chi connectivity index (χ2v) is 4.47. The van der Waals surface area contributed by atoms with Gasteiger partial charge in [0.15, 0.2) is 0 Å². The average Bonchev–Trinajstić information content (AvgIpc) is 2.33. The Morgan fingerprint density at radius 1 is 1.39 bits per heavy atom. The number of ether oxygens (including phenoxy) is 1. The third-order valence-electron chi connectivity index (χ3n) is 2.36. The summed E-state index contributed by atoms with van der Waals surface area (Å²) in [4.78, 5) is 17.5. The number of carbonyl (C=O) groups excluding carboxylic acids is 1. The Labute approximate surface area is 117 Å². The Bertz CT molecular complexity index is 413. The zero-order chi connectivity index (χ0) is 13.5. The van der Waals surface area contributed by atoms with Crippen molar-refractivity contribution >= 4 is 29.2 Å². The first-order chi connectivity index (χ1) is 8.56. The van der Waals surface area contributed by atoms with E-state index < -0.39 is 0 Å². The van der Waals surface area contributed by atoms with E-state index in [1.807, 2.05) is 11.8 Å². The summed E-state index contributed by atoms with van der Waals surface area (Å²) in [5.74, 6) is -0.252. The second-order valence-electron chi connectivity index (χ2n) is 3.67. The topological polar surface area (TPSA) is 42.4 Å². The van der Waals surface area contributed by atoms with E-state index in [0.29, 0.717) is 35.6 Å². The minimum absolute atomic E-state index is 0.217. The van der Waals surface area contributed by atoms with Gasteiger partial charge in [-0.1, -0.05) is 30.1 Å². The number of hydrogen-bond acceptors (Lipinski definition) is 4. The van der Waals surface area contributed by atoms with E-state index in [0.717, 1.165) is 0 Å². The van der Waals surface area contributed by atoms with Crippen LogP contribution in [0.1, 0.15) is 19.5 Å². The molecule has 0 aliphatic carbocycles. The summed E-state index contributed by atoms with van der Waals surface area (Å²) in [5.41, 5.74) is 0.662. The molecule has 0 aliphatic rings. The van der Waals surface area contributed by atoms with Gasteiger partial charge < -0.3 is 4.74 Å². The van der Waals surface area contributed by atoms with Crippen molar-refractivity contribution < 1.29 is 9.53 Å². The minimum Gasteiger partial charge on any atom is -0.465 e. The average molecular weight is 291 g/mol. The second kappa shape index (κ2) is 7.56. The van der Waals surface area contributed by atoms with Crippen molar-refractivity contribution in [2.24, 2.45) is 0 Å². The first-order valence-electron chi connectivity index (χ1n) is 5.75. The number of carbonyl (C=O) groups is 1. The van der Waals surface area contributed by atoms with Gasteiger partial charge in [-0.05, 0) is 25.6 Å². The van der Waals surface area contributed by atoms with E-state index in [9.17, 15) is 4.79 Å². The molecule has 0 saturated carbocycles. The molecular weight excluding hydrogens is 275 g/mol. The van der Waals surface area contributed by atoms with Crippen molar-refractivity contribution in [1.82, 2.24) is 9.88 Å². The van der Waals surface area contributed by atoms with Crippen LogP contribution in [-0.2, 0) is 16.1 Å². The van der Waals surface area contributed by atoms with Crippen molar-refractivity contribution in [3.8, 4) is 0 Å². The number of rotatable bonds is 6. The van der Waals surface area contributed by atoms with Crippen molar-refractivity contribution in [3.63, 3.8) is 0 Å². The Kier molecular flexibility index (Phi) is 6.39. The van der Waals surface area contributed by atoms with Gasteiger partial charge in [-0.3, -0.25) is 9.69 Å². The van der Waals surface area contributed by atoms with Crippen molar-refractivity contribution in [2.45, 2.75) is 20.4 Å². The predicted octanol–water partition coefficient (Wildman–Crippen LogP) is 2.77. The maximum atomic E-state index is 11.4. The zero-order valence-corrected chi connectivity index (χ0v) is 12.0. The largest absolute Gasteiger partial charge is 0.465 e.